The molecule has 0 aliphatic heterocycles. The minimum Gasteiger partial charge on any atom is -0.337 e. The van der Waals surface area contributed by atoms with Crippen LogP contribution in [0.15, 0.2) is 42.5 Å². The van der Waals surface area contributed by atoms with Crippen molar-refractivity contribution in [2.75, 3.05) is 7.05 Å². The Bertz CT molecular complexity index is 640. The zero-order valence-corrected chi connectivity index (χ0v) is 12.9. The first-order valence-electron chi connectivity index (χ1n) is 6.24. The average Bonchev–Trinajstić information content (AvgIpc) is 2.43. The smallest absolute Gasteiger partial charge is 0.255 e. The lowest BCUT2D eigenvalue weighted by molar-refractivity contribution is 0.0785. The largest absolute Gasteiger partial charge is 0.337 e. The maximum absolute atomic E-state index is 12.4. The van der Waals surface area contributed by atoms with Crippen molar-refractivity contribution in [3.8, 4) is 0 Å². The van der Waals surface area contributed by atoms with E-state index in [9.17, 15) is 4.79 Å². The Hall–Kier alpha value is -1.51. The number of hydrogen-bond donors (Lipinski definition) is 0. The van der Waals surface area contributed by atoms with Crippen molar-refractivity contribution >= 4 is 29.1 Å². The van der Waals surface area contributed by atoms with Crippen molar-refractivity contribution in [1.82, 2.24) is 4.90 Å². The van der Waals surface area contributed by atoms with Crippen LogP contribution in [0.2, 0.25) is 10.0 Å². The molecule has 0 N–H and O–H groups in total. The zero-order valence-electron chi connectivity index (χ0n) is 11.4. The lowest BCUT2D eigenvalue weighted by atomic mass is 10.1. The predicted molar refractivity (Wildman–Crippen MR) is 83.4 cm³/mol. The monoisotopic (exact) mass is 307 g/mol. The Morgan fingerprint density at radius 2 is 1.80 bits per heavy atom. The van der Waals surface area contributed by atoms with Gasteiger partial charge in [0.15, 0.2) is 0 Å². The van der Waals surface area contributed by atoms with Crippen LogP contribution in [0.25, 0.3) is 0 Å². The minimum absolute atomic E-state index is 0.138. The Kier molecular flexibility index (Phi) is 4.69. The molecule has 0 saturated heterocycles. The molecular weight excluding hydrogens is 293 g/mol. The molecule has 0 aliphatic carbocycles. The van der Waals surface area contributed by atoms with Crippen molar-refractivity contribution in [2.45, 2.75) is 13.5 Å². The molecule has 104 valence electrons. The van der Waals surface area contributed by atoms with E-state index in [0.717, 1.165) is 11.1 Å². The molecule has 2 aromatic rings. The van der Waals surface area contributed by atoms with E-state index in [4.69, 9.17) is 23.2 Å². The van der Waals surface area contributed by atoms with Gasteiger partial charge in [-0.15, -0.1) is 0 Å². The molecule has 0 saturated carbocycles. The van der Waals surface area contributed by atoms with Crippen LogP contribution in [0.5, 0.6) is 0 Å². The van der Waals surface area contributed by atoms with E-state index < -0.39 is 0 Å². The van der Waals surface area contributed by atoms with Gasteiger partial charge >= 0.3 is 0 Å². The van der Waals surface area contributed by atoms with Crippen LogP contribution in [-0.2, 0) is 6.54 Å². The van der Waals surface area contributed by atoms with Crippen LogP contribution < -0.4 is 0 Å². The molecule has 20 heavy (non-hydrogen) atoms. The minimum atomic E-state index is -0.138. The van der Waals surface area contributed by atoms with Gasteiger partial charge in [-0.25, -0.2) is 0 Å². The number of nitrogens with zero attached hydrogens (tertiary/aromatic N) is 1. The molecule has 0 spiro atoms. The second-order valence-electron chi connectivity index (χ2n) is 4.69. The molecule has 0 aromatic heterocycles. The van der Waals surface area contributed by atoms with Gasteiger partial charge in [0.2, 0.25) is 0 Å². The number of benzene rings is 2. The van der Waals surface area contributed by atoms with Crippen molar-refractivity contribution in [1.29, 1.82) is 0 Å². The maximum atomic E-state index is 12.4. The molecule has 0 radical (unpaired) electrons. The Morgan fingerprint density at radius 1 is 1.10 bits per heavy atom. The first kappa shape index (κ1) is 14.9. The summed E-state index contributed by atoms with van der Waals surface area (Å²) in [6, 6.07) is 13.1. The summed E-state index contributed by atoms with van der Waals surface area (Å²) in [4.78, 5) is 14.1. The fraction of sp³-hybridized carbons (Fsp3) is 0.188. The molecule has 4 heteroatoms. The van der Waals surface area contributed by atoms with Gasteiger partial charge in [0, 0.05) is 13.6 Å². The summed E-state index contributed by atoms with van der Waals surface area (Å²) in [5, 5.41) is 0.692. The van der Waals surface area contributed by atoms with Crippen molar-refractivity contribution in [2.24, 2.45) is 0 Å². The fourth-order valence-corrected chi connectivity index (χ4v) is 2.37. The molecule has 0 bridgehead atoms. The van der Waals surface area contributed by atoms with Gasteiger partial charge in [-0.1, -0.05) is 53.5 Å². The standard InChI is InChI=1S/C16H15Cl2NO/c1-11-6-3-4-7-12(11)10-19(2)16(20)13-8-5-9-14(17)15(13)18/h3-9H,10H2,1-2H3. The SMILES string of the molecule is Cc1ccccc1CN(C)C(=O)c1cccc(Cl)c1Cl. The highest BCUT2D eigenvalue weighted by Gasteiger charge is 2.17. The number of amides is 1. The summed E-state index contributed by atoms with van der Waals surface area (Å²) in [5.74, 6) is -0.138. The number of carbonyl (C=O) groups is 1. The molecule has 1 amide bonds. The maximum Gasteiger partial charge on any atom is 0.255 e. The zero-order chi connectivity index (χ0) is 14.7. The summed E-state index contributed by atoms with van der Waals surface area (Å²) in [5.41, 5.74) is 2.70. The van der Waals surface area contributed by atoms with Crippen LogP contribution in [0.3, 0.4) is 0 Å². The third kappa shape index (κ3) is 3.14. The predicted octanol–water partition coefficient (Wildman–Crippen LogP) is 4.57. The molecular formula is C16H15Cl2NO. The second-order valence-corrected chi connectivity index (χ2v) is 5.47. The average molecular weight is 308 g/mol. The quantitative estimate of drug-likeness (QED) is 0.813. The van der Waals surface area contributed by atoms with Gasteiger partial charge < -0.3 is 4.90 Å². The van der Waals surface area contributed by atoms with Crippen LogP contribution in [0, 0.1) is 6.92 Å². The number of hydrogen-bond acceptors (Lipinski definition) is 1. The summed E-state index contributed by atoms with van der Waals surface area (Å²) >= 11 is 12.0. The van der Waals surface area contributed by atoms with Crippen LogP contribution in [0.1, 0.15) is 21.5 Å². The van der Waals surface area contributed by atoms with Crippen LogP contribution >= 0.6 is 23.2 Å². The second kappa shape index (κ2) is 6.29. The van der Waals surface area contributed by atoms with Gasteiger partial charge in [-0.3, -0.25) is 4.79 Å². The molecule has 2 rings (SSSR count). The number of aryl methyl sites for hydroxylation is 1. The topological polar surface area (TPSA) is 20.3 Å². The van der Waals surface area contributed by atoms with Gasteiger partial charge in [0.25, 0.3) is 5.91 Å². The van der Waals surface area contributed by atoms with E-state index in [1.807, 2.05) is 31.2 Å². The number of halogens is 2. The Balaban J connectivity index is 2.21. The van der Waals surface area contributed by atoms with Crippen LogP contribution in [0.4, 0.5) is 0 Å². The van der Waals surface area contributed by atoms with E-state index in [1.54, 1.807) is 30.1 Å². The summed E-state index contributed by atoms with van der Waals surface area (Å²) in [7, 11) is 1.76. The van der Waals surface area contributed by atoms with E-state index in [2.05, 4.69) is 0 Å². The van der Waals surface area contributed by atoms with Gasteiger partial charge in [-0.05, 0) is 30.2 Å². The highest BCUT2D eigenvalue weighted by atomic mass is 35.5. The van der Waals surface area contributed by atoms with Gasteiger partial charge in [0.05, 0.1) is 15.6 Å². The van der Waals surface area contributed by atoms with Crippen molar-refractivity contribution < 1.29 is 4.79 Å². The summed E-state index contributed by atoms with van der Waals surface area (Å²) < 4.78 is 0. The fourth-order valence-electron chi connectivity index (χ4n) is 1.99. The van der Waals surface area contributed by atoms with E-state index in [1.165, 1.54) is 0 Å². The molecule has 0 atom stereocenters. The van der Waals surface area contributed by atoms with Gasteiger partial charge in [-0.2, -0.15) is 0 Å². The molecule has 0 unspecified atom stereocenters. The first-order valence-corrected chi connectivity index (χ1v) is 7.00. The van der Waals surface area contributed by atoms with E-state index in [-0.39, 0.29) is 5.91 Å². The van der Waals surface area contributed by atoms with Crippen LogP contribution in [-0.4, -0.2) is 17.9 Å². The Labute approximate surface area is 128 Å². The highest BCUT2D eigenvalue weighted by molar-refractivity contribution is 6.43. The third-order valence-electron chi connectivity index (χ3n) is 3.20. The summed E-state index contributed by atoms with van der Waals surface area (Å²) in [6.45, 7) is 2.56. The lowest BCUT2D eigenvalue weighted by Gasteiger charge is -2.19. The van der Waals surface area contributed by atoms with E-state index >= 15 is 0 Å². The van der Waals surface area contributed by atoms with Crippen molar-refractivity contribution in [3.05, 3.63) is 69.2 Å². The van der Waals surface area contributed by atoms with Gasteiger partial charge in [0.1, 0.15) is 0 Å². The molecule has 2 aromatic carbocycles. The molecule has 0 heterocycles. The van der Waals surface area contributed by atoms with Crippen molar-refractivity contribution in [3.63, 3.8) is 0 Å². The molecule has 2 nitrogen and oxygen atoms in total. The highest BCUT2D eigenvalue weighted by Crippen LogP contribution is 2.26. The third-order valence-corrected chi connectivity index (χ3v) is 4.02. The van der Waals surface area contributed by atoms with E-state index in [0.29, 0.717) is 22.2 Å². The first-order chi connectivity index (χ1) is 9.50. The lowest BCUT2D eigenvalue weighted by Crippen LogP contribution is -2.26. The Morgan fingerprint density at radius 3 is 2.50 bits per heavy atom. The molecule has 0 fully saturated rings. The molecule has 0 aliphatic rings. The normalized spacial score (nSPS) is 10.4. The summed E-state index contributed by atoms with van der Waals surface area (Å²) in [6.07, 6.45) is 0. The number of rotatable bonds is 3. The number of carbonyl (C=O) groups excluding carboxylic acids is 1.